The Morgan fingerprint density at radius 1 is 1.02 bits per heavy atom. The summed E-state index contributed by atoms with van der Waals surface area (Å²) in [6, 6.07) is 22.9. The van der Waals surface area contributed by atoms with E-state index in [4.69, 9.17) is 16.6 Å². The van der Waals surface area contributed by atoms with Crippen LogP contribution in [-0.2, 0) is 12.8 Å². The minimum absolute atomic E-state index is 0.0146. The van der Waals surface area contributed by atoms with Crippen molar-refractivity contribution in [2.75, 3.05) is 29.0 Å². The van der Waals surface area contributed by atoms with Gasteiger partial charge in [-0.3, -0.25) is 4.79 Å². The van der Waals surface area contributed by atoms with E-state index in [0.717, 1.165) is 35.5 Å². The predicted octanol–water partition coefficient (Wildman–Crippen LogP) is 7.42. The minimum atomic E-state index is -0.289. The Balaban J connectivity index is 0.00000141. The highest BCUT2D eigenvalue weighted by Crippen LogP contribution is 2.25. The molecule has 1 fully saturated rings. The molecule has 3 aromatic rings. The van der Waals surface area contributed by atoms with Gasteiger partial charge >= 0.3 is 6.03 Å². The molecule has 9 heteroatoms. The van der Waals surface area contributed by atoms with Crippen LogP contribution in [0.25, 0.3) is 0 Å². The third-order valence-electron chi connectivity index (χ3n) is 7.24. The number of nitrogens with zero attached hydrogens (tertiary/aromatic N) is 2. The van der Waals surface area contributed by atoms with Crippen molar-refractivity contribution in [1.29, 1.82) is 0 Å². The van der Waals surface area contributed by atoms with Gasteiger partial charge in [-0.15, -0.1) is 6.58 Å². The van der Waals surface area contributed by atoms with Crippen molar-refractivity contribution in [2.24, 2.45) is 4.99 Å². The first-order valence-electron chi connectivity index (χ1n) is 14.9. The molecule has 2 heterocycles. The van der Waals surface area contributed by atoms with Crippen LogP contribution in [0.5, 0.6) is 0 Å². The zero-order chi connectivity index (χ0) is 31.5. The number of carbonyl (C=O) groups is 2. The maximum absolute atomic E-state index is 13.1. The van der Waals surface area contributed by atoms with Gasteiger partial charge in [0.2, 0.25) is 0 Å². The standard InChI is InChI=1S/C32H35ClN6O2.C3H6/c1-3-28(33)30-35-21(2)34-25-11-7-8-22(18-25)12-13-24-19-26(36-30)14-15-29(24)38-32(41)37-27-16-17-39(20-27)31(40)23-9-5-4-6-10-23;1-3-2/h3-11,14-15,18-19,21,27,34H,12-13,16-17,20H2,1-2H3,(H,35,36)(H2,37,38,41);3H,1H2,2H3/b28-3+;. The first kappa shape index (κ1) is 32.4. The molecule has 0 aliphatic carbocycles. The van der Waals surface area contributed by atoms with E-state index < -0.39 is 0 Å². The van der Waals surface area contributed by atoms with Gasteiger partial charge in [0.1, 0.15) is 12.0 Å². The number of likely N-dealkylation sites (tertiary alicyclic amines) is 1. The number of nitrogens with one attached hydrogen (secondary N) is 4. The van der Waals surface area contributed by atoms with Crippen LogP contribution in [0.15, 0.2) is 102 Å². The molecule has 230 valence electrons. The number of amidine groups is 1. The molecule has 4 bridgehead atoms. The fourth-order valence-electron chi connectivity index (χ4n) is 5.16. The highest BCUT2D eigenvalue weighted by molar-refractivity contribution is 6.45. The second kappa shape index (κ2) is 15.8. The van der Waals surface area contributed by atoms with Gasteiger partial charge in [0.05, 0.1) is 5.03 Å². The molecule has 2 aliphatic heterocycles. The monoisotopic (exact) mass is 612 g/mol. The van der Waals surface area contributed by atoms with Crippen LogP contribution >= 0.6 is 11.6 Å². The molecule has 8 nitrogen and oxygen atoms in total. The molecule has 1 saturated heterocycles. The minimum Gasteiger partial charge on any atom is -0.364 e. The third-order valence-corrected chi connectivity index (χ3v) is 7.63. The molecule has 0 radical (unpaired) electrons. The summed E-state index contributed by atoms with van der Waals surface area (Å²) in [5.74, 6) is 0.545. The SMILES string of the molecule is C/C=C(Cl)\C1=N/C(C)Nc2cccc(c2)CCc2cc(ccc2NC(=O)NC2CCN(C(=O)c3ccccc3)C2)N1.C=CC. The van der Waals surface area contributed by atoms with Gasteiger partial charge in [0.15, 0.2) is 0 Å². The van der Waals surface area contributed by atoms with Crippen LogP contribution in [-0.4, -0.2) is 48.0 Å². The number of halogens is 1. The van der Waals surface area contributed by atoms with Gasteiger partial charge in [-0.2, -0.15) is 0 Å². The second-order valence-corrected chi connectivity index (χ2v) is 11.1. The Bertz CT molecular complexity index is 1520. The molecule has 0 spiro atoms. The number of hydrogen-bond donors (Lipinski definition) is 4. The van der Waals surface area contributed by atoms with Gasteiger partial charge in [-0.05, 0) is 93.6 Å². The quantitative estimate of drug-likeness (QED) is 0.230. The van der Waals surface area contributed by atoms with E-state index in [9.17, 15) is 9.59 Å². The largest absolute Gasteiger partial charge is 0.364 e. The van der Waals surface area contributed by atoms with Gasteiger partial charge in [-0.1, -0.05) is 54.1 Å². The number of carbonyl (C=O) groups excluding carboxylic acids is 2. The van der Waals surface area contributed by atoms with Crippen LogP contribution in [0.4, 0.5) is 21.9 Å². The Morgan fingerprint density at radius 3 is 2.55 bits per heavy atom. The Morgan fingerprint density at radius 2 is 1.80 bits per heavy atom. The number of benzene rings is 3. The van der Waals surface area contributed by atoms with E-state index in [2.05, 4.69) is 40.0 Å². The van der Waals surface area contributed by atoms with Gasteiger partial charge in [0, 0.05) is 41.8 Å². The molecular formula is C35H41ClN6O2. The van der Waals surface area contributed by atoms with Gasteiger partial charge in [0.25, 0.3) is 5.91 Å². The normalized spacial score (nSPS) is 19.1. The number of urea groups is 1. The van der Waals surface area contributed by atoms with Crippen LogP contribution in [0.3, 0.4) is 0 Å². The predicted molar refractivity (Wildman–Crippen MR) is 183 cm³/mol. The fourth-order valence-corrected chi connectivity index (χ4v) is 5.26. The summed E-state index contributed by atoms with van der Waals surface area (Å²) in [7, 11) is 0. The average Bonchev–Trinajstić information content (AvgIpc) is 3.48. The van der Waals surface area contributed by atoms with E-state index in [1.165, 1.54) is 5.56 Å². The van der Waals surface area contributed by atoms with Crippen LogP contribution in [0.2, 0.25) is 0 Å². The van der Waals surface area contributed by atoms with Crippen molar-refractivity contribution in [3.8, 4) is 0 Å². The summed E-state index contributed by atoms with van der Waals surface area (Å²) in [5, 5.41) is 13.4. The molecule has 5 rings (SSSR count). The summed E-state index contributed by atoms with van der Waals surface area (Å²) < 4.78 is 0. The van der Waals surface area contributed by atoms with Crippen molar-refractivity contribution < 1.29 is 9.59 Å². The molecule has 2 aliphatic rings. The highest BCUT2D eigenvalue weighted by atomic mass is 35.5. The Hall–Kier alpha value is -4.56. The molecule has 4 N–H and O–H groups in total. The van der Waals surface area contributed by atoms with Crippen molar-refractivity contribution in [3.05, 3.63) is 113 Å². The van der Waals surface area contributed by atoms with Crippen molar-refractivity contribution in [1.82, 2.24) is 10.2 Å². The van der Waals surface area contributed by atoms with Crippen molar-refractivity contribution in [3.63, 3.8) is 0 Å². The van der Waals surface area contributed by atoms with Crippen LogP contribution in [0, 0.1) is 0 Å². The zero-order valence-electron chi connectivity index (χ0n) is 25.6. The number of aryl methyl sites for hydroxylation is 2. The number of amides is 3. The van der Waals surface area contributed by atoms with Crippen molar-refractivity contribution in [2.45, 2.75) is 52.2 Å². The second-order valence-electron chi connectivity index (χ2n) is 10.7. The lowest BCUT2D eigenvalue weighted by molar-refractivity contribution is 0.0789. The molecular weight excluding hydrogens is 572 g/mol. The first-order valence-corrected chi connectivity index (χ1v) is 15.3. The lowest BCUT2D eigenvalue weighted by atomic mass is 10.0. The lowest BCUT2D eigenvalue weighted by Crippen LogP contribution is -2.40. The number of hydrogen-bond acceptors (Lipinski definition) is 5. The number of anilines is 3. The fraction of sp³-hybridized carbons (Fsp3) is 0.286. The smallest absolute Gasteiger partial charge is 0.319 e. The summed E-state index contributed by atoms with van der Waals surface area (Å²) in [4.78, 5) is 32.4. The van der Waals surface area contributed by atoms with Crippen LogP contribution in [0.1, 0.15) is 48.7 Å². The molecule has 3 amide bonds. The van der Waals surface area contributed by atoms with E-state index >= 15 is 0 Å². The molecule has 3 aromatic carbocycles. The highest BCUT2D eigenvalue weighted by Gasteiger charge is 2.28. The molecule has 0 aromatic heterocycles. The molecule has 2 unspecified atom stereocenters. The number of aliphatic imine (C=N–C) groups is 1. The van der Waals surface area contributed by atoms with Crippen LogP contribution < -0.4 is 21.3 Å². The first-order chi connectivity index (χ1) is 21.3. The summed E-state index contributed by atoms with van der Waals surface area (Å²) in [6.45, 7) is 10.2. The zero-order valence-corrected chi connectivity index (χ0v) is 26.3. The lowest BCUT2D eigenvalue weighted by Gasteiger charge is -2.19. The third kappa shape index (κ3) is 8.97. The average molecular weight is 613 g/mol. The summed E-state index contributed by atoms with van der Waals surface area (Å²) >= 11 is 6.51. The number of fused-ring (bicyclic) bond motifs is 4. The summed E-state index contributed by atoms with van der Waals surface area (Å²) in [5.41, 5.74) is 5.37. The summed E-state index contributed by atoms with van der Waals surface area (Å²) in [6.07, 6.45) is 5.57. The van der Waals surface area contributed by atoms with E-state index in [1.807, 2.05) is 81.4 Å². The van der Waals surface area contributed by atoms with E-state index in [0.29, 0.717) is 35.9 Å². The van der Waals surface area contributed by atoms with Gasteiger partial charge < -0.3 is 26.2 Å². The Labute approximate surface area is 265 Å². The topological polar surface area (TPSA) is 97.9 Å². The molecule has 44 heavy (non-hydrogen) atoms. The van der Waals surface area contributed by atoms with E-state index in [1.54, 1.807) is 17.1 Å². The molecule has 0 saturated carbocycles. The molecule has 2 atom stereocenters. The number of rotatable bonds is 4. The van der Waals surface area contributed by atoms with Crippen molar-refractivity contribution >= 4 is 46.4 Å². The Kier molecular flexibility index (Phi) is 11.6. The van der Waals surface area contributed by atoms with E-state index in [-0.39, 0.29) is 24.1 Å². The number of allylic oxidation sites excluding steroid dienone is 2. The maximum atomic E-state index is 13.1. The maximum Gasteiger partial charge on any atom is 0.319 e. The van der Waals surface area contributed by atoms with Gasteiger partial charge in [-0.25, -0.2) is 9.79 Å².